The second-order valence-electron chi connectivity index (χ2n) is 8.19. The van der Waals surface area contributed by atoms with Crippen LogP contribution in [0, 0.1) is 0 Å². The van der Waals surface area contributed by atoms with E-state index in [0.717, 1.165) is 54.8 Å². The van der Waals surface area contributed by atoms with Crippen molar-refractivity contribution >= 4 is 39.1 Å². The third-order valence-corrected chi connectivity index (χ3v) is 7.03. The summed E-state index contributed by atoms with van der Waals surface area (Å²) in [5.41, 5.74) is 3.04. The number of carbonyl (C=O) groups is 1. The summed E-state index contributed by atoms with van der Waals surface area (Å²) < 4.78 is 1.21. The van der Waals surface area contributed by atoms with Crippen LogP contribution in [0.5, 0.6) is 0 Å². The minimum absolute atomic E-state index is 0.0123. The quantitative estimate of drug-likeness (QED) is 0.473. The summed E-state index contributed by atoms with van der Waals surface area (Å²) in [6.07, 6.45) is 4.31. The Kier molecular flexibility index (Phi) is 6.28. The number of anilines is 2. The summed E-state index contributed by atoms with van der Waals surface area (Å²) in [4.78, 5) is 30.6. The summed E-state index contributed by atoms with van der Waals surface area (Å²) in [5, 5.41) is 4.16. The van der Waals surface area contributed by atoms with Crippen LogP contribution in [0.3, 0.4) is 0 Å². The number of aromatic nitrogens is 3. The molecule has 1 aliphatic rings. The summed E-state index contributed by atoms with van der Waals surface area (Å²) in [6, 6.07) is 17.9. The van der Waals surface area contributed by atoms with E-state index in [4.69, 9.17) is 4.98 Å². The standard InChI is InChI=1S/C25H26N6OS/c1-18(30-13-15-31(16-14-30)25-26-11-4-12-27-25)24(32)28-20-9-7-19(8-10-20)17-23-29-21-5-2-3-6-22(21)33-23/h2-12,18H,13-17H2,1H3,(H,28,32)/t18-/m0/s1. The molecule has 5 rings (SSSR count). The molecule has 1 fully saturated rings. The lowest BCUT2D eigenvalue weighted by molar-refractivity contribution is -0.120. The van der Waals surface area contributed by atoms with Crippen LogP contribution in [0.1, 0.15) is 17.5 Å². The van der Waals surface area contributed by atoms with Gasteiger partial charge in [0.2, 0.25) is 11.9 Å². The van der Waals surface area contributed by atoms with Gasteiger partial charge in [0.1, 0.15) is 0 Å². The van der Waals surface area contributed by atoms with Crippen LogP contribution in [0.4, 0.5) is 11.6 Å². The molecule has 3 heterocycles. The molecule has 0 spiro atoms. The molecule has 7 nitrogen and oxygen atoms in total. The van der Waals surface area contributed by atoms with E-state index < -0.39 is 0 Å². The number of thiazole rings is 1. The van der Waals surface area contributed by atoms with Gasteiger partial charge in [0.15, 0.2) is 0 Å². The highest BCUT2D eigenvalue weighted by Gasteiger charge is 2.26. The number of benzene rings is 2. The summed E-state index contributed by atoms with van der Waals surface area (Å²) in [7, 11) is 0. The maximum Gasteiger partial charge on any atom is 0.241 e. The summed E-state index contributed by atoms with van der Waals surface area (Å²) in [6.45, 7) is 5.18. The number of nitrogens with zero attached hydrogens (tertiary/aromatic N) is 5. The molecule has 1 aliphatic heterocycles. The highest BCUT2D eigenvalue weighted by atomic mass is 32.1. The maximum atomic E-state index is 12.8. The van der Waals surface area contributed by atoms with Crippen LogP contribution in [0.2, 0.25) is 0 Å². The first-order chi connectivity index (χ1) is 16.2. The zero-order chi connectivity index (χ0) is 22.6. The van der Waals surface area contributed by atoms with Gasteiger partial charge >= 0.3 is 0 Å². The molecule has 0 unspecified atom stereocenters. The van der Waals surface area contributed by atoms with E-state index in [9.17, 15) is 4.79 Å². The average molecular weight is 459 g/mol. The second kappa shape index (κ2) is 9.64. The summed E-state index contributed by atoms with van der Waals surface area (Å²) in [5.74, 6) is 0.763. The first-order valence-electron chi connectivity index (χ1n) is 11.2. The molecule has 1 saturated heterocycles. The maximum absolute atomic E-state index is 12.8. The van der Waals surface area contributed by atoms with Crippen molar-refractivity contribution in [3.63, 3.8) is 0 Å². The first-order valence-corrected chi connectivity index (χ1v) is 12.0. The molecule has 2 aromatic carbocycles. The SMILES string of the molecule is C[C@@H](C(=O)Nc1ccc(Cc2nc3ccccc3s2)cc1)N1CCN(c2ncccn2)CC1. The van der Waals surface area contributed by atoms with Crippen LogP contribution in [0.25, 0.3) is 10.2 Å². The molecule has 0 aliphatic carbocycles. The van der Waals surface area contributed by atoms with Gasteiger partial charge in [0.25, 0.3) is 0 Å². The van der Waals surface area contributed by atoms with Crippen LogP contribution in [-0.4, -0.2) is 58.0 Å². The fraction of sp³-hybridized carbons (Fsp3) is 0.280. The Morgan fingerprint density at radius 1 is 1.00 bits per heavy atom. The van der Waals surface area contributed by atoms with Crippen LogP contribution in [-0.2, 0) is 11.2 Å². The van der Waals surface area contributed by atoms with Crippen molar-refractivity contribution in [2.24, 2.45) is 0 Å². The molecule has 2 aromatic heterocycles. The van der Waals surface area contributed by atoms with Crippen molar-refractivity contribution in [2.75, 3.05) is 36.4 Å². The minimum Gasteiger partial charge on any atom is -0.338 e. The molecule has 1 amide bonds. The van der Waals surface area contributed by atoms with Gasteiger partial charge in [-0.2, -0.15) is 0 Å². The Hall–Kier alpha value is -3.36. The van der Waals surface area contributed by atoms with E-state index in [1.54, 1.807) is 23.7 Å². The Morgan fingerprint density at radius 2 is 1.73 bits per heavy atom. The third kappa shape index (κ3) is 5.02. The van der Waals surface area contributed by atoms with E-state index in [0.29, 0.717) is 0 Å². The van der Waals surface area contributed by atoms with Crippen molar-refractivity contribution in [1.29, 1.82) is 0 Å². The molecular weight excluding hydrogens is 432 g/mol. The normalized spacial score (nSPS) is 15.5. The fourth-order valence-electron chi connectivity index (χ4n) is 4.05. The van der Waals surface area contributed by atoms with Gasteiger partial charge in [-0.3, -0.25) is 9.69 Å². The van der Waals surface area contributed by atoms with Crippen LogP contribution < -0.4 is 10.2 Å². The van der Waals surface area contributed by atoms with E-state index >= 15 is 0 Å². The number of rotatable bonds is 6. The van der Waals surface area contributed by atoms with Crippen molar-refractivity contribution in [2.45, 2.75) is 19.4 Å². The summed E-state index contributed by atoms with van der Waals surface area (Å²) >= 11 is 1.73. The number of amides is 1. The molecule has 0 bridgehead atoms. The van der Waals surface area contributed by atoms with Gasteiger partial charge in [0.05, 0.1) is 21.3 Å². The smallest absolute Gasteiger partial charge is 0.241 e. The third-order valence-electron chi connectivity index (χ3n) is 5.99. The van der Waals surface area contributed by atoms with Gasteiger partial charge in [0, 0.05) is 50.7 Å². The molecular formula is C25H26N6OS. The van der Waals surface area contributed by atoms with Crippen molar-refractivity contribution in [3.8, 4) is 0 Å². The number of hydrogen-bond acceptors (Lipinski definition) is 7. The largest absolute Gasteiger partial charge is 0.338 e. The fourth-order valence-corrected chi connectivity index (χ4v) is 5.05. The molecule has 0 saturated carbocycles. The molecule has 1 N–H and O–H groups in total. The molecule has 33 heavy (non-hydrogen) atoms. The number of hydrogen-bond donors (Lipinski definition) is 1. The number of piperazine rings is 1. The molecule has 1 atom stereocenters. The minimum atomic E-state index is -0.203. The van der Waals surface area contributed by atoms with Crippen molar-refractivity contribution < 1.29 is 4.79 Å². The molecule has 168 valence electrons. The van der Waals surface area contributed by atoms with Gasteiger partial charge in [-0.15, -0.1) is 11.3 Å². The van der Waals surface area contributed by atoms with Crippen molar-refractivity contribution in [1.82, 2.24) is 19.9 Å². The highest BCUT2D eigenvalue weighted by Crippen LogP contribution is 2.24. The highest BCUT2D eigenvalue weighted by molar-refractivity contribution is 7.18. The topological polar surface area (TPSA) is 74.2 Å². The van der Waals surface area contributed by atoms with E-state index in [-0.39, 0.29) is 11.9 Å². The van der Waals surface area contributed by atoms with Crippen LogP contribution >= 0.6 is 11.3 Å². The molecule has 4 aromatic rings. The van der Waals surface area contributed by atoms with E-state index in [1.165, 1.54) is 10.3 Å². The molecule has 8 heteroatoms. The van der Waals surface area contributed by atoms with E-state index in [2.05, 4.69) is 43.3 Å². The number of carbonyl (C=O) groups excluding carboxylic acids is 1. The Bertz CT molecular complexity index is 1190. The zero-order valence-corrected chi connectivity index (χ0v) is 19.3. The Balaban J connectivity index is 1.14. The zero-order valence-electron chi connectivity index (χ0n) is 18.5. The lowest BCUT2D eigenvalue weighted by atomic mass is 10.1. The van der Waals surface area contributed by atoms with Crippen molar-refractivity contribution in [3.05, 3.63) is 77.6 Å². The lowest BCUT2D eigenvalue weighted by Gasteiger charge is -2.37. The second-order valence-corrected chi connectivity index (χ2v) is 9.30. The Morgan fingerprint density at radius 3 is 2.45 bits per heavy atom. The average Bonchev–Trinajstić information content (AvgIpc) is 3.28. The van der Waals surface area contributed by atoms with Gasteiger partial charge in [-0.1, -0.05) is 24.3 Å². The van der Waals surface area contributed by atoms with Gasteiger partial charge < -0.3 is 10.2 Å². The number of fused-ring (bicyclic) bond motifs is 1. The van der Waals surface area contributed by atoms with Gasteiger partial charge in [-0.25, -0.2) is 15.0 Å². The molecule has 0 radical (unpaired) electrons. The van der Waals surface area contributed by atoms with Crippen LogP contribution in [0.15, 0.2) is 67.0 Å². The lowest BCUT2D eigenvalue weighted by Crippen LogP contribution is -2.53. The number of para-hydroxylation sites is 1. The predicted octanol–water partition coefficient (Wildman–Crippen LogP) is 3.83. The Labute approximate surface area is 197 Å². The van der Waals surface area contributed by atoms with E-state index in [1.807, 2.05) is 43.3 Å². The number of nitrogens with one attached hydrogen (secondary N) is 1. The first kappa shape index (κ1) is 21.5. The van der Waals surface area contributed by atoms with Gasteiger partial charge in [-0.05, 0) is 42.8 Å². The predicted molar refractivity (Wildman–Crippen MR) is 133 cm³/mol. The monoisotopic (exact) mass is 458 g/mol.